The lowest BCUT2D eigenvalue weighted by Gasteiger charge is -2.45. The third-order valence-electron chi connectivity index (χ3n) is 7.15. The van der Waals surface area contributed by atoms with Crippen LogP contribution in [-0.2, 0) is 13.7 Å². The smallest absolute Gasteiger partial charge is 0.356 e. The molecule has 3 aliphatic rings. The number of carboxylic acids is 1. The van der Waals surface area contributed by atoms with Crippen molar-refractivity contribution in [3.63, 3.8) is 0 Å². The van der Waals surface area contributed by atoms with Gasteiger partial charge < -0.3 is 25.4 Å². The van der Waals surface area contributed by atoms with Gasteiger partial charge in [0.05, 0.1) is 11.7 Å². The summed E-state index contributed by atoms with van der Waals surface area (Å²) in [6, 6.07) is 18.6. The zero-order chi connectivity index (χ0) is 25.1. The Bertz CT molecular complexity index is 1220. The monoisotopic (exact) mass is 489 g/mol. The molecule has 0 unspecified atom stereocenters. The maximum absolute atomic E-state index is 13.1. The highest BCUT2D eigenvalue weighted by Gasteiger charge is 2.35. The van der Waals surface area contributed by atoms with E-state index in [0.717, 1.165) is 43.6 Å². The van der Waals surface area contributed by atoms with Crippen LogP contribution in [0.4, 0.5) is 4.79 Å². The Balaban J connectivity index is 1.31. The first-order valence-electron chi connectivity index (χ1n) is 12.3. The minimum Gasteiger partial charge on any atom is -0.487 e. The van der Waals surface area contributed by atoms with E-state index < -0.39 is 5.97 Å². The number of urea groups is 1. The number of aryl methyl sites for hydroxylation is 1. The van der Waals surface area contributed by atoms with Crippen LogP contribution in [0.2, 0.25) is 0 Å². The molecule has 0 spiro atoms. The van der Waals surface area contributed by atoms with Crippen LogP contribution in [0.5, 0.6) is 5.75 Å². The quantitative estimate of drug-likeness (QED) is 0.449. The van der Waals surface area contributed by atoms with Crippen molar-refractivity contribution in [3.8, 4) is 5.75 Å². The first-order valence-corrected chi connectivity index (χ1v) is 12.3. The van der Waals surface area contributed by atoms with Crippen LogP contribution < -0.4 is 15.4 Å². The molecule has 2 aromatic carbocycles. The summed E-state index contributed by atoms with van der Waals surface area (Å²) in [5.41, 5.74) is 2.48. The van der Waals surface area contributed by atoms with Gasteiger partial charge in [-0.05, 0) is 61.2 Å². The number of hydrogen-bond acceptors (Lipinski definition) is 5. The molecule has 0 aliphatic carbocycles. The Labute approximate surface area is 210 Å². The SMILES string of the molecule is Cn1nc(C(=O)O)cc1COc1cccc([C@@H](NC(=O)N[C@H]2CN3CCC2CC3)c2ccccc2)c1. The van der Waals surface area contributed by atoms with Crippen molar-refractivity contribution in [3.05, 3.63) is 83.2 Å². The largest absolute Gasteiger partial charge is 0.487 e. The number of ether oxygens (including phenoxy) is 1. The van der Waals surface area contributed by atoms with Gasteiger partial charge in [-0.25, -0.2) is 9.59 Å². The Morgan fingerprint density at radius 3 is 2.50 bits per heavy atom. The van der Waals surface area contributed by atoms with E-state index in [2.05, 4.69) is 20.6 Å². The number of rotatable bonds is 8. The summed E-state index contributed by atoms with van der Waals surface area (Å²) in [7, 11) is 1.69. The number of carbonyl (C=O) groups is 2. The first kappa shape index (κ1) is 23.9. The van der Waals surface area contributed by atoms with E-state index in [-0.39, 0.29) is 30.4 Å². The standard InChI is InChI=1S/C27H31N5O4/c1-31-21(15-23(30-31)26(33)34)17-36-22-9-5-8-20(14-22)25(19-6-3-2-4-7-19)29-27(35)28-24-16-32-12-10-18(24)11-13-32/h2-9,14-15,18,24-25H,10-13,16-17H2,1H3,(H,33,34)(H2,28,29,35)/t24-,25-/m0/s1. The summed E-state index contributed by atoms with van der Waals surface area (Å²) in [4.78, 5) is 26.7. The molecule has 1 aromatic heterocycles. The van der Waals surface area contributed by atoms with Crippen LogP contribution in [0.15, 0.2) is 60.7 Å². The molecule has 9 heteroatoms. The summed E-state index contributed by atoms with van der Waals surface area (Å²) < 4.78 is 7.47. The summed E-state index contributed by atoms with van der Waals surface area (Å²) in [5, 5.41) is 19.5. The molecule has 0 saturated carbocycles. The number of nitrogens with zero attached hydrogens (tertiary/aromatic N) is 3. The van der Waals surface area contributed by atoms with E-state index in [1.807, 2.05) is 54.6 Å². The van der Waals surface area contributed by atoms with Gasteiger partial charge in [0, 0.05) is 19.6 Å². The molecule has 4 heterocycles. The molecular weight excluding hydrogens is 458 g/mol. The molecule has 2 amide bonds. The number of piperidine rings is 3. The number of aromatic carboxylic acids is 1. The van der Waals surface area contributed by atoms with Crippen molar-refractivity contribution in [2.75, 3.05) is 19.6 Å². The molecule has 6 rings (SSSR count). The van der Waals surface area contributed by atoms with Gasteiger partial charge in [0.25, 0.3) is 0 Å². The number of nitrogens with one attached hydrogen (secondary N) is 2. The highest BCUT2D eigenvalue weighted by molar-refractivity contribution is 5.85. The molecule has 9 nitrogen and oxygen atoms in total. The van der Waals surface area contributed by atoms with E-state index in [1.165, 1.54) is 10.7 Å². The minimum atomic E-state index is -1.08. The van der Waals surface area contributed by atoms with Gasteiger partial charge in [0.15, 0.2) is 5.69 Å². The highest BCUT2D eigenvalue weighted by Crippen LogP contribution is 2.28. The van der Waals surface area contributed by atoms with Crippen LogP contribution >= 0.6 is 0 Å². The molecule has 3 aliphatic heterocycles. The summed E-state index contributed by atoms with van der Waals surface area (Å²) in [6.07, 6.45) is 2.27. The lowest BCUT2D eigenvalue weighted by molar-refractivity contribution is 0.0689. The summed E-state index contributed by atoms with van der Waals surface area (Å²) in [6.45, 7) is 3.33. The molecule has 2 atom stereocenters. The fraction of sp³-hybridized carbons (Fsp3) is 0.370. The van der Waals surface area contributed by atoms with Crippen molar-refractivity contribution in [2.45, 2.75) is 31.5 Å². The van der Waals surface area contributed by atoms with Crippen molar-refractivity contribution < 1.29 is 19.4 Å². The van der Waals surface area contributed by atoms with Gasteiger partial charge in [0.1, 0.15) is 12.4 Å². The number of amides is 2. The molecule has 3 fully saturated rings. The fourth-order valence-corrected chi connectivity index (χ4v) is 5.16. The maximum Gasteiger partial charge on any atom is 0.356 e. The van der Waals surface area contributed by atoms with E-state index in [0.29, 0.717) is 17.4 Å². The number of hydrogen-bond donors (Lipinski definition) is 3. The van der Waals surface area contributed by atoms with Gasteiger partial charge >= 0.3 is 12.0 Å². The van der Waals surface area contributed by atoms with E-state index in [1.54, 1.807) is 7.05 Å². The number of carbonyl (C=O) groups excluding carboxylic acids is 1. The average molecular weight is 490 g/mol. The van der Waals surface area contributed by atoms with Crippen molar-refractivity contribution in [1.29, 1.82) is 0 Å². The molecule has 0 radical (unpaired) electrons. The van der Waals surface area contributed by atoms with Gasteiger partial charge in [-0.15, -0.1) is 0 Å². The van der Waals surface area contributed by atoms with Crippen LogP contribution in [0.3, 0.4) is 0 Å². The highest BCUT2D eigenvalue weighted by atomic mass is 16.5. The third kappa shape index (κ3) is 5.36. The van der Waals surface area contributed by atoms with Crippen molar-refractivity contribution in [2.24, 2.45) is 13.0 Å². The molecule has 36 heavy (non-hydrogen) atoms. The fourth-order valence-electron chi connectivity index (χ4n) is 5.16. The van der Waals surface area contributed by atoms with Crippen LogP contribution in [-0.4, -0.2) is 57.5 Å². The van der Waals surface area contributed by atoms with Gasteiger partial charge in [0.2, 0.25) is 0 Å². The summed E-state index contributed by atoms with van der Waals surface area (Å²) in [5.74, 6) is 0.0829. The average Bonchev–Trinajstić information content (AvgIpc) is 3.28. The molecule has 3 aromatic rings. The van der Waals surface area contributed by atoms with Crippen LogP contribution in [0, 0.1) is 5.92 Å². The number of aromatic nitrogens is 2. The van der Waals surface area contributed by atoms with Crippen LogP contribution in [0.25, 0.3) is 0 Å². The molecule has 188 valence electrons. The Morgan fingerprint density at radius 2 is 1.83 bits per heavy atom. The molecule has 3 saturated heterocycles. The van der Waals surface area contributed by atoms with E-state index >= 15 is 0 Å². The van der Waals surface area contributed by atoms with E-state index in [9.17, 15) is 9.59 Å². The number of carboxylic acid groups (broad SMARTS) is 1. The molecule has 3 N–H and O–H groups in total. The van der Waals surface area contributed by atoms with Crippen molar-refractivity contribution >= 4 is 12.0 Å². The topological polar surface area (TPSA) is 109 Å². The van der Waals surface area contributed by atoms with Gasteiger partial charge in [-0.1, -0.05) is 42.5 Å². The van der Waals surface area contributed by atoms with Crippen LogP contribution in [0.1, 0.15) is 46.2 Å². The van der Waals surface area contributed by atoms with Crippen molar-refractivity contribution in [1.82, 2.24) is 25.3 Å². The zero-order valence-electron chi connectivity index (χ0n) is 20.3. The van der Waals surface area contributed by atoms with E-state index in [4.69, 9.17) is 9.84 Å². The second kappa shape index (κ2) is 10.4. The normalized spacial score (nSPS) is 21.5. The number of fused-ring (bicyclic) bond motifs is 3. The minimum absolute atomic E-state index is 0.0211. The lowest BCUT2D eigenvalue weighted by Crippen LogP contribution is -2.58. The maximum atomic E-state index is 13.1. The molecular formula is C27H31N5O4. The predicted octanol–water partition coefficient (Wildman–Crippen LogP) is 3.18. The predicted molar refractivity (Wildman–Crippen MR) is 134 cm³/mol. The van der Waals surface area contributed by atoms with Gasteiger partial charge in [-0.2, -0.15) is 5.10 Å². The summed E-state index contributed by atoms with van der Waals surface area (Å²) >= 11 is 0. The van der Waals surface area contributed by atoms with Gasteiger partial charge in [-0.3, -0.25) is 4.68 Å². The number of benzene rings is 2. The second-order valence-electron chi connectivity index (χ2n) is 9.52. The lowest BCUT2D eigenvalue weighted by atomic mass is 9.84. The zero-order valence-corrected chi connectivity index (χ0v) is 20.3. The first-order chi connectivity index (χ1) is 17.5. The Kier molecular flexibility index (Phi) is 6.90. The second-order valence-corrected chi connectivity index (χ2v) is 9.52. The molecule has 2 bridgehead atoms. The third-order valence-corrected chi connectivity index (χ3v) is 7.15. The Morgan fingerprint density at radius 1 is 1.08 bits per heavy atom. The Hall–Kier alpha value is -3.85.